The summed E-state index contributed by atoms with van der Waals surface area (Å²) in [5.74, 6) is 1.42. The van der Waals surface area contributed by atoms with Gasteiger partial charge in [-0.3, -0.25) is 4.90 Å². The molecule has 5 nitrogen and oxygen atoms in total. The zero-order valence-corrected chi connectivity index (χ0v) is 12.9. The fourth-order valence-electron chi connectivity index (χ4n) is 2.76. The highest BCUT2D eigenvalue weighted by atomic mass is 32.2. The first-order chi connectivity index (χ1) is 10.1. The smallest absolute Gasteiger partial charge is 0.152 e. The molecular formula is C15H20N2O3S. The minimum absolute atomic E-state index is 0.245. The lowest BCUT2D eigenvalue weighted by molar-refractivity contribution is 0.264. The Balaban J connectivity index is 1.85. The number of hydrogen-bond acceptors (Lipinski definition) is 5. The molecule has 2 aromatic rings. The second-order valence-electron chi connectivity index (χ2n) is 5.46. The van der Waals surface area contributed by atoms with Crippen molar-refractivity contribution >= 4 is 20.8 Å². The zero-order chi connectivity index (χ0) is 14.9. The van der Waals surface area contributed by atoms with Crippen LogP contribution in [0.1, 0.15) is 11.3 Å². The van der Waals surface area contributed by atoms with Crippen molar-refractivity contribution in [3.05, 3.63) is 35.6 Å². The van der Waals surface area contributed by atoms with Crippen molar-refractivity contribution in [2.45, 2.75) is 13.1 Å². The number of sulfone groups is 1. The first-order valence-electron chi connectivity index (χ1n) is 7.16. The number of fused-ring (bicyclic) bond motifs is 1. The highest BCUT2D eigenvalue weighted by Crippen LogP contribution is 2.27. The van der Waals surface area contributed by atoms with Crippen molar-refractivity contribution in [1.29, 1.82) is 0 Å². The Labute approximate surface area is 124 Å². The summed E-state index contributed by atoms with van der Waals surface area (Å²) >= 11 is 0. The quantitative estimate of drug-likeness (QED) is 0.924. The number of para-hydroxylation sites is 1. The van der Waals surface area contributed by atoms with Crippen LogP contribution in [-0.4, -0.2) is 45.0 Å². The summed E-state index contributed by atoms with van der Waals surface area (Å²) in [7, 11) is -0.922. The van der Waals surface area contributed by atoms with Gasteiger partial charge in [0.25, 0.3) is 0 Å². The van der Waals surface area contributed by atoms with E-state index in [1.807, 2.05) is 25.2 Å². The largest absolute Gasteiger partial charge is 0.459 e. The molecular weight excluding hydrogens is 288 g/mol. The summed E-state index contributed by atoms with van der Waals surface area (Å²) in [5.41, 5.74) is 2.06. The van der Waals surface area contributed by atoms with Gasteiger partial charge < -0.3 is 9.73 Å². The molecule has 0 aliphatic carbocycles. The summed E-state index contributed by atoms with van der Waals surface area (Å²) in [5, 5.41) is 4.31. The summed E-state index contributed by atoms with van der Waals surface area (Å²) in [6.07, 6.45) is 0. The van der Waals surface area contributed by atoms with Crippen molar-refractivity contribution in [1.82, 2.24) is 10.2 Å². The number of rotatable bonds is 4. The molecule has 0 saturated carbocycles. The average molecular weight is 308 g/mol. The summed E-state index contributed by atoms with van der Waals surface area (Å²) < 4.78 is 29.0. The molecule has 21 heavy (non-hydrogen) atoms. The van der Waals surface area contributed by atoms with Crippen LogP contribution >= 0.6 is 0 Å². The normalized spacial score (nSPS) is 19.1. The number of nitrogens with one attached hydrogen (secondary N) is 1. The van der Waals surface area contributed by atoms with Gasteiger partial charge in [0.05, 0.1) is 18.1 Å². The molecule has 6 heteroatoms. The maximum Gasteiger partial charge on any atom is 0.152 e. The molecule has 1 aromatic heterocycles. The Bertz CT molecular complexity index is 722. The van der Waals surface area contributed by atoms with E-state index in [4.69, 9.17) is 4.42 Å². The van der Waals surface area contributed by atoms with Crippen molar-refractivity contribution in [2.75, 3.05) is 31.6 Å². The Morgan fingerprint density at radius 1 is 1.24 bits per heavy atom. The van der Waals surface area contributed by atoms with E-state index in [2.05, 4.69) is 16.3 Å². The first kappa shape index (κ1) is 14.6. The van der Waals surface area contributed by atoms with Gasteiger partial charge in [-0.1, -0.05) is 18.2 Å². The third kappa shape index (κ3) is 3.12. The molecule has 0 bridgehead atoms. The molecule has 1 fully saturated rings. The third-order valence-corrected chi connectivity index (χ3v) is 5.55. The Hall–Kier alpha value is -1.37. The molecule has 0 amide bonds. The van der Waals surface area contributed by atoms with Crippen molar-refractivity contribution in [3.8, 4) is 0 Å². The predicted molar refractivity (Wildman–Crippen MR) is 82.9 cm³/mol. The number of furan rings is 1. The number of benzene rings is 1. The van der Waals surface area contributed by atoms with Crippen LogP contribution in [0.4, 0.5) is 0 Å². The topological polar surface area (TPSA) is 62.6 Å². The van der Waals surface area contributed by atoms with E-state index in [0.717, 1.165) is 23.3 Å². The summed E-state index contributed by atoms with van der Waals surface area (Å²) in [6, 6.07) is 8.01. The lowest BCUT2D eigenvalue weighted by Crippen LogP contribution is -2.39. The summed E-state index contributed by atoms with van der Waals surface area (Å²) in [6.45, 7) is 2.58. The van der Waals surface area contributed by atoms with Gasteiger partial charge in [0.15, 0.2) is 9.84 Å². The molecule has 1 aromatic carbocycles. The number of hydrogen-bond donors (Lipinski definition) is 1. The molecule has 1 saturated heterocycles. The standard InChI is InChI=1S/C15H20N2O3S/c1-16-10-13-12-4-2-3-5-14(12)20-15(13)11-17-6-8-21(18,19)9-7-17/h2-5,16H,6-11H2,1H3. The molecule has 0 unspecified atom stereocenters. The molecule has 2 heterocycles. The van der Waals surface area contributed by atoms with E-state index in [-0.39, 0.29) is 11.5 Å². The molecule has 1 N–H and O–H groups in total. The fraction of sp³-hybridized carbons (Fsp3) is 0.467. The van der Waals surface area contributed by atoms with Crippen molar-refractivity contribution in [2.24, 2.45) is 0 Å². The second kappa shape index (κ2) is 5.79. The molecule has 0 radical (unpaired) electrons. The van der Waals surface area contributed by atoms with Crippen LogP contribution in [0.5, 0.6) is 0 Å². The zero-order valence-electron chi connectivity index (χ0n) is 12.1. The first-order valence-corrected chi connectivity index (χ1v) is 8.98. The molecule has 114 valence electrons. The van der Waals surface area contributed by atoms with Gasteiger partial charge in [0, 0.05) is 30.6 Å². The van der Waals surface area contributed by atoms with E-state index in [9.17, 15) is 8.42 Å². The Morgan fingerprint density at radius 2 is 1.95 bits per heavy atom. The van der Waals surface area contributed by atoms with Crippen LogP contribution in [0, 0.1) is 0 Å². The SMILES string of the molecule is CNCc1c(CN2CCS(=O)(=O)CC2)oc2ccccc12. The van der Waals surface area contributed by atoms with Gasteiger partial charge in [0.2, 0.25) is 0 Å². The lowest BCUT2D eigenvalue weighted by Gasteiger charge is -2.25. The van der Waals surface area contributed by atoms with Crippen LogP contribution in [0.25, 0.3) is 11.0 Å². The molecule has 1 aliphatic rings. The third-order valence-electron chi connectivity index (χ3n) is 3.94. The van der Waals surface area contributed by atoms with Gasteiger partial charge >= 0.3 is 0 Å². The maximum atomic E-state index is 11.5. The van der Waals surface area contributed by atoms with Gasteiger partial charge in [-0.15, -0.1) is 0 Å². The van der Waals surface area contributed by atoms with E-state index >= 15 is 0 Å². The van der Waals surface area contributed by atoms with E-state index < -0.39 is 9.84 Å². The van der Waals surface area contributed by atoms with Crippen molar-refractivity contribution < 1.29 is 12.8 Å². The average Bonchev–Trinajstić information content (AvgIpc) is 2.80. The van der Waals surface area contributed by atoms with Crippen LogP contribution in [0.15, 0.2) is 28.7 Å². The number of nitrogens with zero attached hydrogens (tertiary/aromatic N) is 1. The van der Waals surface area contributed by atoms with Crippen LogP contribution in [0.2, 0.25) is 0 Å². The van der Waals surface area contributed by atoms with Gasteiger partial charge in [-0.25, -0.2) is 8.42 Å². The van der Waals surface area contributed by atoms with Gasteiger partial charge in [-0.2, -0.15) is 0 Å². The van der Waals surface area contributed by atoms with E-state index in [1.165, 1.54) is 5.56 Å². The molecule has 3 rings (SSSR count). The monoisotopic (exact) mass is 308 g/mol. The van der Waals surface area contributed by atoms with Crippen LogP contribution in [0.3, 0.4) is 0 Å². The Kier molecular flexibility index (Phi) is 4.01. The predicted octanol–water partition coefficient (Wildman–Crippen LogP) is 1.38. The minimum atomic E-state index is -2.84. The van der Waals surface area contributed by atoms with Gasteiger partial charge in [0.1, 0.15) is 11.3 Å². The molecule has 0 spiro atoms. The Morgan fingerprint density at radius 3 is 2.67 bits per heavy atom. The molecule has 0 atom stereocenters. The fourth-order valence-corrected chi connectivity index (χ4v) is 4.04. The van der Waals surface area contributed by atoms with E-state index in [0.29, 0.717) is 19.6 Å². The van der Waals surface area contributed by atoms with Crippen LogP contribution in [-0.2, 0) is 22.9 Å². The van der Waals surface area contributed by atoms with Crippen molar-refractivity contribution in [3.63, 3.8) is 0 Å². The summed E-state index contributed by atoms with van der Waals surface area (Å²) in [4.78, 5) is 2.15. The highest BCUT2D eigenvalue weighted by Gasteiger charge is 2.23. The molecule has 1 aliphatic heterocycles. The van der Waals surface area contributed by atoms with Crippen LogP contribution < -0.4 is 5.32 Å². The second-order valence-corrected chi connectivity index (χ2v) is 7.76. The maximum absolute atomic E-state index is 11.5. The van der Waals surface area contributed by atoms with E-state index in [1.54, 1.807) is 0 Å². The highest BCUT2D eigenvalue weighted by molar-refractivity contribution is 7.91. The minimum Gasteiger partial charge on any atom is -0.459 e. The van der Waals surface area contributed by atoms with Gasteiger partial charge in [-0.05, 0) is 13.1 Å². The lowest BCUT2D eigenvalue weighted by atomic mass is 10.1.